The molecule has 0 radical (unpaired) electrons. The first-order valence-corrected chi connectivity index (χ1v) is 9.36. The fourth-order valence-corrected chi connectivity index (χ4v) is 3.44. The van der Waals surface area contributed by atoms with Crippen molar-refractivity contribution >= 4 is 21.8 Å². The van der Waals surface area contributed by atoms with Crippen molar-refractivity contribution in [3.05, 3.63) is 72.6 Å². The van der Waals surface area contributed by atoms with Crippen molar-refractivity contribution < 1.29 is 9.84 Å². The molecule has 1 aromatic heterocycles. The Bertz CT molecular complexity index is 1070. The zero-order chi connectivity index (χ0) is 18.8. The molecule has 4 heteroatoms. The van der Waals surface area contributed by atoms with Gasteiger partial charge in [-0.25, -0.2) is 4.98 Å². The van der Waals surface area contributed by atoms with Gasteiger partial charge in [0.05, 0.1) is 17.6 Å². The second-order valence-electron chi connectivity index (χ2n) is 7.20. The second kappa shape index (κ2) is 7.41. The number of nitrogens with zero attached hydrogens (tertiary/aromatic N) is 2. The molecule has 0 aliphatic rings. The number of fused-ring (bicyclic) bond motifs is 2. The normalized spacial score (nSPS) is 12.7. The summed E-state index contributed by atoms with van der Waals surface area (Å²) in [6.07, 6.45) is -0.619. The lowest BCUT2D eigenvalue weighted by Gasteiger charge is -2.17. The van der Waals surface area contributed by atoms with Crippen molar-refractivity contribution in [1.82, 2.24) is 9.55 Å². The minimum atomic E-state index is -0.619. The number of aliphatic hydroxyl groups excluding tert-OH is 1. The maximum absolute atomic E-state index is 10.6. The molecule has 0 aliphatic heterocycles. The molecule has 0 amide bonds. The summed E-state index contributed by atoms with van der Waals surface area (Å²) in [6, 6.07) is 22.2. The SMILES string of the molecule is CC(C)c1nc2ccccc2n1CC(O)COc1ccc2ccccc2c1. The van der Waals surface area contributed by atoms with Crippen LogP contribution in [0.1, 0.15) is 25.6 Å². The first-order chi connectivity index (χ1) is 13.1. The van der Waals surface area contributed by atoms with Gasteiger partial charge in [-0.1, -0.05) is 56.3 Å². The van der Waals surface area contributed by atoms with Crippen LogP contribution < -0.4 is 4.74 Å². The monoisotopic (exact) mass is 360 g/mol. The van der Waals surface area contributed by atoms with Crippen molar-refractivity contribution in [1.29, 1.82) is 0 Å². The summed E-state index contributed by atoms with van der Waals surface area (Å²) in [5.41, 5.74) is 2.01. The number of benzene rings is 3. The number of aromatic nitrogens is 2. The molecule has 1 unspecified atom stereocenters. The third kappa shape index (κ3) is 3.67. The van der Waals surface area contributed by atoms with Gasteiger partial charge < -0.3 is 14.4 Å². The molecule has 0 saturated carbocycles. The zero-order valence-corrected chi connectivity index (χ0v) is 15.7. The van der Waals surface area contributed by atoms with E-state index in [-0.39, 0.29) is 12.5 Å². The standard InChI is InChI=1S/C23H24N2O2/c1-16(2)23-24-21-9-5-6-10-22(21)25(23)14-19(26)15-27-20-12-11-17-7-3-4-8-18(17)13-20/h3-13,16,19,26H,14-15H2,1-2H3. The van der Waals surface area contributed by atoms with Crippen LogP contribution in [0.15, 0.2) is 66.7 Å². The molecule has 0 aliphatic carbocycles. The summed E-state index contributed by atoms with van der Waals surface area (Å²) in [7, 11) is 0. The maximum atomic E-state index is 10.6. The van der Waals surface area contributed by atoms with Gasteiger partial charge in [0, 0.05) is 5.92 Å². The average molecular weight is 360 g/mol. The summed E-state index contributed by atoms with van der Waals surface area (Å²) >= 11 is 0. The van der Waals surface area contributed by atoms with E-state index in [4.69, 9.17) is 9.72 Å². The number of imidazole rings is 1. The van der Waals surface area contributed by atoms with Gasteiger partial charge in [-0.3, -0.25) is 0 Å². The Labute approximate surface area is 159 Å². The van der Waals surface area contributed by atoms with Crippen molar-refractivity contribution in [2.75, 3.05) is 6.61 Å². The molecule has 138 valence electrons. The smallest absolute Gasteiger partial charge is 0.120 e. The van der Waals surface area contributed by atoms with E-state index >= 15 is 0 Å². The molecule has 1 atom stereocenters. The minimum absolute atomic E-state index is 0.238. The predicted molar refractivity (Wildman–Crippen MR) is 109 cm³/mol. The molecule has 27 heavy (non-hydrogen) atoms. The molecule has 0 fully saturated rings. The number of hydrogen-bond acceptors (Lipinski definition) is 3. The first-order valence-electron chi connectivity index (χ1n) is 9.36. The number of aliphatic hydroxyl groups is 1. The lowest BCUT2D eigenvalue weighted by atomic mass is 10.1. The Morgan fingerprint density at radius 1 is 0.963 bits per heavy atom. The Morgan fingerprint density at radius 3 is 2.52 bits per heavy atom. The van der Waals surface area contributed by atoms with Crippen LogP contribution in [-0.2, 0) is 6.54 Å². The number of rotatable bonds is 6. The summed E-state index contributed by atoms with van der Waals surface area (Å²) in [4.78, 5) is 4.73. The Hall–Kier alpha value is -2.85. The summed E-state index contributed by atoms with van der Waals surface area (Å²) in [5.74, 6) is 2.04. The molecule has 4 aromatic rings. The van der Waals surface area contributed by atoms with Gasteiger partial charge in [-0.15, -0.1) is 0 Å². The van der Waals surface area contributed by atoms with E-state index in [1.165, 1.54) is 5.39 Å². The van der Waals surface area contributed by atoms with Gasteiger partial charge in [0.15, 0.2) is 0 Å². The van der Waals surface area contributed by atoms with Gasteiger partial charge in [-0.05, 0) is 35.0 Å². The van der Waals surface area contributed by atoms with E-state index in [0.717, 1.165) is 28.0 Å². The van der Waals surface area contributed by atoms with Crippen LogP contribution in [0, 0.1) is 0 Å². The topological polar surface area (TPSA) is 47.3 Å². The number of para-hydroxylation sites is 2. The van der Waals surface area contributed by atoms with Crippen molar-refractivity contribution in [2.24, 2.45) is 0 Å². The van der Waals surface area contributed by atoms with Crippen molar-refractivity contribution in [3.63, 3.8) is 0 Å². The minimum Gasteiger partial charge on any atom is -0.491 e. The fraction of sp³-hybridized carbons (Fsp3) is 0.261. The lowest BCUT2D eigenvalue weighted by Crippen LogP contribution is -2.24. The van der Waals surface area contributed by atoms with E-state index in [2.05, 4.69) is 30.5 Å². The van der Waals surface area contributed by atoms with Crippen LogP contribution in [-0.4, -0.2) is 27.4 Å². The molecular weight excluding hydrogens is 336 g/mol. The molecule has 3 aromatic carbocycles. The highest BCUT2D eigenvalue weighted by Gasteiger charge is 2.16. The van der Waals surface area contributed by atoms with E-state index < -0.39 is 6.10 Å². The van der Waals surface area contributed by atoms with Crippen LogP contribution in [0.25, 0.3) is 21.8 Å². The third-order valence-corrected chi connectivity index (χ3v) is 4.76. The highest BCUT2D eigenvalue weighted by atomic mass is 16.5. The van der Waals surface area contributed by atoms with Gasteiger partial charge in [-0.2, -0.15) is 0 Å². The summed E-state index contributed by atoms with van der Waals surface area (Å²) in [5, 5.41) is 12.9. The van der Waals surface area contributed by atoms with E-state index in [9.17, 15) is 5.11 Å². The second-order valence-corrected chi connectivity index (χ2v) is 7.20. The highest BCUT2D eigenvalue weighted by molar-refractivity contribution is 5.83. The molecule has 1 heterocycles. The Morgan fingerprint density at radius 2 is 1.70 bits per heavy atom. The van der Waals surface area contributed by atoms with Crippen LogP contribution in [0.4, 0.5) is 0 Å². The van der Waals surface area contributed by atoms with Gasteiger partial charge in [0.1, 0.15) is 24.3 Å². The van der Waals surface area contributed by atoms with E-state index in [1.807, 2.05) is 54.6 Å². The number of ether oxygens (including phenoxy) is 1. The quantitative estimate of drug-likeness (QED) is 0.540. The van der Waals surface area contributed by atoms with Crippen LogP contribution >= 0.6 is 0 Å². The highest BCUT2D eigenvalue weighted by Crippen LogP contribution is 2.23. The van der Waals surface area contributed by atoms with Gasteiger partial charge in [0.25, 0.3) is 0 Å². The van der Waals surface area contributed by atoms with Gasteiger partial charge >= 0.3 is 0 Å². The van der Waals surface area contributed by atoms with Crippen molar-refractivity contribution in [3.8, 4) is 5.75 Å². The average Bonchev–Trinajstić information content (AvgIpc) is 3.05. The number of hydrogen-bond donors (Lipinski definition) is 1. The Balaban J connectivity index is 1.50. The predicted octanol–water partition coefficient (Wildman–Crippen LogP) is 4.75. The molecule has 4 nitrogen and oxygen atoms in total. The van der Waals surface area contributed by atoms with Gasteiger partial charge in [0.2, 0.25) is 0 Å². The van der Waals surface area contributed by atoms with Crippen LogP contribution in [0.2, 0.25) is 0 Å². The first kappa shape index (κ1) is 17.6. The summed E-state index contributed by atoms with van der Waals surface area (Å²) in [6.45, 7) is 4.94. The summed E-state index contributed by atoms with van der Waals surface area (Å²) < 4.78 is 7.96. The lowest BCUT2D eigenvalue weighted by molar-refractivity contribution is 0.0926. The molecule has 0 spiro atoms. The molecule has 4 rings (SSSR count). The maximum Gasteiger partial charge on any atom is 0.120 e. The molecule has 0 bridgehead atoms. The Kier molecular flexibility index (Phi) is 4.82. The van der Waals surface area contributed by atoms with E-state index in [0.29, 0.717) is 6.54 Å². The zero-order valence-electron chi connectivity index (χ0n) is 15.7. The van der Waals surface area contributed by atoms with Crippen LogP contribution in [0.5, 0.6) is 5.75 Å². The van der Waals surface area contributed by atoms with Crippen molar-refractivity contribution in [2.45, 2.75) is 32.4 Å². The third-order valence-electron chi connectivity index (χ3n) is 4.76. The molecule has 0 saturated heterocycles. The van der Waals surface area contributed by atoms with E-state index in [1.54, 1.807) is 0 Å². The molecule has 1 N–H and O–H groups in total. The van der Waals surface area contributed by atoms with Crippen LogP contribution in [0.3, 0.4) is 0 Å². The molecular formula is C23H24N2O2. The fourth-order valence-electron chi connectivity index (χ4n) is 3.44. The largest absolute Gasteiger partial charge is 0.491 e.